The van der Waals surface area contributed by atoms with Crippen molar-refractivity contribution in [3.63, 3.8) is 0 Å². The number of thiocarbonyl (C=S) groups is 1. The highest BCUT2D eigenvalue weighted by molar-refractivity contribution is 7.80. The van der Waals surface area contributed by atoms with E-state index in [-0.39, 0.29) is 12.6 Å². The molecule has 4 nitrogen and oxygen atoms in total. The standard InChI is InChI=1S/C12H16ClN3OS/c1-2-6-16(8-11(14)18)12(17)15-10-5-3-4-9(13)7-10/h3-5,7H,2,6,8H2,1H3,(H2,14,18)(H,15,17). The van der Waals surface area contributed by atoms with Crippen molar-refractivity contribution in [2.75, 3.05) is 18.4 Å². The summed E-state index contributed by atoms with van der Waals surface area (Å²) in [6.45, 7) is 2.86. The zero-order valence-electron chi connectivity index (χ0n) is 10.1. The number of urea groups is 1. The topological polar surface area (TPSA) is 58.4 Å². The van der Waals surface area contributed by atoms with Crippen molar-refractivity contribution in [1.29, 1.82) is 0 Å². The molecule has 0 heterocycles. The highest BCUT2D eigenvalue weighted by atomic mass is 35.5. The molecule has 1 aromatic rings. The van der Waals surface area contributed by atoms with Crippen LogP contribution in [0.3, 0.4) is 0 Å². The Bertz CT molecular complexity index is 439. The first kappa shape index (κ1) is 14.7. The zero-order valence-corrected chi connectivity index (χ0v) is 11.7. The quantitative estimate of drug-likeness (QED) is 0.818. The Morgan fingerprint density at radius 3 is 2.83 bits per heavy atom. The molecule has 98 valence electrons. The maximum absolute atomic E-state index is 12.0. The first-order valence-corrected chi connectivity index (χ1v) is 6.41. The number of nitrogens with two attached hydrogens (primary N) is 1. The fourth-order valence-corrected chi connectivity index (χ4v) is 1.83. The van der Waals surface area contributed by atoms with Crippen molar-refractivity contribution in [2.24, 2.45) is 5.73 Å². The van der Waals surface area contributed by atoms with Crippen LogP contribution in [-0.2, 0) is 0 Å². The summed E-state index contributed by atoms with van der Waals surface area (Å²) in [5.41, 5.74) is 6.12. The minimum atomic E-state index is -0.230. The molecule has 0 bridgehead atoms. The minimum Gasteiger partial charge on any atom is -0.392 e. The Kier molecular flexibility index (Phi) is 5.88. The van der Waals surface area contributed by atoms with Crippen molar-refractivity contribution in [1.82, 2.24) is 4.90 Å². The van der Waals surface area contributed by atoms with Gasteiger partial charge in [0.15, 0.2) is 0 Å². The van der Waals surface area contributed by atoms with Crippen LogP contribution >= 0.6 is 23.8 Å². The third-order valence-electron chi connectivity index (χ3n) is 2.20. The number of anilines is 1. The van der Waals surface area contributed by atoms with Crippen molar-refractivity contribution < 1.29 is 4.79 Å². The van der Waals surface area contributed by atoms with E-state index in [1.54, 1.807) is 29.2 Å². The van der Waals surface area contributed by atoms with Gasteiger partial charge in [0.05, 0.1) is 11.5 Å². The Hall–Kier alpha value is -1.33. The molecular weight excluding hydrogens is 270 g/mol. The summed E-state index contributed by atoms with van der Waals surface area (Å²) >= 11 is 10.7. The van der Waals surface area contributed by atoms with Gasteiger partial charge < -0.3 is 16.0 Å². The number of nitrogens with one attached hydrogen (secondary N) is 1. The molecular formula is C12H16ClN3OS. The van der Waals surface area contributed by atoms with Gasteiger partial charge in [-0.25, -0.2) is 4.79 Å². The lowest BCUT2D eigenvalue weighted by molar-refractivity contribution is 0.219. The van der Waals surface area contributed by atoms with Crippen LogP contribution in [-0.4, -0.2) is 29.0 Å². The lowest BCUT2D eigenvalue weighted by atomic mass is 10.3. The molecule has 0 aliphatic rings. The summed E-state index contributed by atoms with van der Waals surface area (Å²) in [7, 11) is 0. The molecule has 1 aromatic carbocycles. The number of carbonyl (C=O) groups excluding carboxylic acids is 1. The molecule has 0 spiro atoms. The van der Waals surface area contributed by atoms with Crippen LogP contribution in [0.5, 0.6) is 0 Å². The molecule has 0 saturated carbocycles. The molecule has 0 unspecified atom stereocenters. The number of benzene rings is 1. The van der Waals surface area contributed by atoms with Gasteiger partial charge in [-0.15, -0.1) is 0 Å². The number of amides is 2. The van der Waals surface area contributed by atoms with Crippen LogP contribution in [0.4, 0.5) is 10.5 Å². The van der Waals surface area contributed by atoms with Crippen LogP contribution in [0.25, 0.3) is 0 Å². The Balaban J connectivity index is 2.69. The van der Waals surface area contributed by atoms with E-state index in [4.69, 9.17) is 29.6 Å². The largest absolute Gasteiger partial charge is 0.392 e. The van der Waals surface area contributed by atoms with E-state index in [0.717, 1.165) is 6.42 Å². The summed E-state index contributed by atoms with van der Waals surface area (Å²) < 4.78 is 0. The van der Waals surface area contributed by atoms with Crippen LogP contribution in [0.2, 0.25) is 5.02 Å². The maximum Gasteiger partial charge on any atom is 0.322 e. The van der Waals surface area contributed by atoms with Gasteiger partial charge in [-0.2, -0.15) is 0 Å². The van der Waals surface area contributed by atoms with E-state index in [0.29, 0.717) is 22.2 Å². The predicted molar refractivity (Wildman–Crippen MR) is 79.1 cm³/mol. The summed E-state index contributed by atoms with van der Waals surface area (Å²) in [5, 5.41) is 3.33. The van der Waals surface area contributed by atoms with Gasteiger partial charge >= 0.3 is 6.03 Å². The molecule has 1 rings (SSSR count). The van der Waals surface area contributed by atoms with Gasteiger partial charge in [0.1, 0.15) is 0 Å². The molecule has 0 fully saturated rings. The molecule has 0 saturated heterocycles. The van der Waals surface area contributed by atoms with Gasteiger partial charge in [-0.3, -0.25) is 0 Å². The number of nitrogens with zero attached hydrogens (tertiary/aromatic N) is 1. The summed E-state index contributed by atoms with van der Waals surface area (Å²) in [5.74, 6) is 0. The fourth-order valence-electron chi connectivity index (χ4n) is 1.48. The lowest BCUT2D eigenvalue weighted by Crippen LogP contribution is -2.40. The van der Waals surface area contributed by atoms with Gasteiger partial charge in [0.25, 0.3) is 0 Å². The van der Waals surface area contributed by atoms with E-state index < -0.39 is 0 Å². The first-order chi connectivity index (χ1) is 8.52. The fraction of sp³-hybridized carbons (Fsp3) is 0.333. The second kappa shape index (κ2) is 7.18. The van der Waals surface area contributed by atoms with Crippen molar-refractivity contribution >= 4 is 40.5 Å². The van der Waals surface area contributed by atoms with Gasteiger partial charge in [-0.1, -0.05) is 36.8 Å². The molecule has 0 atom stereocenters. The molecule has 3 N–H and O–H groups in total. The van der Waals surface area contributed by atoms with Crippen LogP contribution in [0, 0.1) is 0 Å². The normalized spacial score (nSPS) is 9.89. The van der Waals surface area contributed by atoms with Gasteiger partial charge in [0.2, 0.25) is 0 Å². The summed E-state index contributed by atoms with van der Waals surface area (Å²) in [4.78, 5) is 13.9. The number of carbonyl (C=O) groups is 1. The Labute approximate surface area is 117 Å². The SMILES string of the molecule is CCCN(CC(N)=S)C(=O)Nc1cccc(Cl)c1. The first-order valence-electron chi connectivity index (χ1n) is 5.62. The van der Waals surface area contributed by atoms with Crippen LogP contribution in [0.1, 0.15) is 13.3 Å². The van der Waals surface area contributed by atoms with E-state index in [1.165, 1.54) is 0 Å². The predicted octanol–water partition coefficient (Wildman–Crippen LogP) is 2.87. The highest BCUT2D eigenvalue weighted by Gasteiger charge is 2.13. The van der Waals surface area contributed by atoms with Crippen LogP contribution < -0.4 is 11.1 Å². The zero-order chi connectivity index (χ0) is 13.5. The molecule has 0 aliphatic carbocycles. The minimum absolute atomic E-state index is 0.230. The van der Waals surface area contributed by atoms with E-state index in [2.05, 4.69) is 5.32 Å². The van der Waals surface area contributed by atoms with Gasteiger partial charge in [0, 0.05) is 17.3 Å². The second-order valence-corrected chi connectivity index (χ2v) is 4.79. The average molecular weight is 286 g/mol. The number of rotatable bonds is 5. The Morgan fingerprint density at radius 2 is 2.28 bits per heavy atom. The van der Waals surface area contributed by atoms with Crippen molar-refractivity contribution in [3.8, 4) is 0 Å². The molecule has 18 heavy (non-hydrogen) atoms. The molecule has 6 heteroatoms. The average Bonchev–Trinajstić information content (AvgIpc) is 2.27. The van der Waals surface area contributed by atoms with E-state index in [1.807, 2.05) is 6.92 Å². The van der Waals surface area contributed by atoms with E-state index in [9.17, 15) is 4.79 Å². The molecule has 2 amide bonds. The van der Waals surface area contributed by atoms with Crippen molar-refractivity contribution in [3.05, 3.63) is 29.3 Å². The summed E-state index contributed by atoms with van der Waals surface area (Å²) in [6.07, 6.45) is 0.839. The maximum atomic E-state index is 12.0. The van der Waals surface area contributed by atoms with Crippen molar-refractivity contribution in [2.45, 2.75) is 13.3 Å². The third-order valence-corrected chi connectivity index (χ3v) is 2.57. The van der Waals surface area contributed by atoms with Gasteiger partial charge in [-0.05, 0) is 24.6 Å². The second-order valence-electron chi connectivity index (χ2n) is 3.83. The number of hydrogen-bond acceptors (Lipinski definition) is 2. The summed E-state index contributed by atoms with van der Waals surface area (Å²) in [6, 6.07) is 6.75. The monoisotopic (exact) mass is 285 g/mol. The molecule has 0 radical (unpaired) electrons. The smallest absolute Gasteiger partial charge is 0.322 e. The molecule has 0 aliphatic heterocycles. The Morgan fingerprint density at radius 1 is 1.56 bits per heavy atom. The number of halogens is 1. The van der Waals surface area contributed by atoms with E-state index >= 15 is 0 Å². The lowest BCUT2D eigenvalue weighted by Gasteiger charge is -2.21. The molecule has 0 aromatic heterocycles. The number of hydrogen-bond donors (Lipinski definition) is 2. The third kappa shape index (κ3) is 4.89. The highest BCUT2D eigenvalue weighted by Crippen LogP contribution is 2.15. The van der Waals surface area contributed by atoms with Crippen LogP contribution in [0.15, 0.2) is 24.3 Å².